The van der Waals surface area contributed by atoms with E-state index < -0.39 is 17.2 Å². The first-order chi connectivity index (χ1) is 19.8. The maximum Gasteiger partial charge on any atom is 0.251 e. The Labute approximate surface area is 245 Å². The van der Waals surface area contributed by atoms with Crippen LogP contribution in [0.5, 0.6) is 5.75 Å². The molecule has 1 aliphatic carbocycles. The molecule has 0 unspecified atom stereocenters. The molecule has 3 fully saturated rings. The van der Waals surface area contributed by atoms with Crippen molar-refractivity contribution >= 4 is 17.7 Å². The zero-order valence-electron chi connectivity index (χ0n) is 25.1. The predicted octanol–water partition coefficient (Wildman–Crippen LogP) is 3.64. The van der Waals surface area contributed by atoms with Crippen molar-refractivity contribution < 1.29 is 24.2 Å². The summed E-state index contributed by atoms with van der Waals surface area (Å²) < 4.78 is 5.83. The van der Waals surface area contributed by atoms with Gasteiger partial charge in [-0.1, -0.05) is 32.6 Å². The maximum atomic E-state index is 13.7. The fourth-order valence-corrected chi connectivity index (χ4v) is 6.74. The van der Waals surface area contributed by atoms with Crippen molar-refractivity contribution in [3.05, 3.63) is 29.8 Å². The van der Waals surface area contributed by atoms with Gasteiger partial charge in [0.25, 0.3) is 5.91 Å². The highest BCUT2D eigenvalue weighted by atomic mass is 16.5. The quantitative estimate of drug-likeness (QED) is 0.312. The van der Waals surface area contributed by atoms with Crippen molar-refractivity contribution in [1.82, 2.24) is 20.4 Å². The molecule has 1 spiro atoms. The Balaban J connectivity index is 1.22. The first-order valence-electron chi connectivity index (χ1n) is 15.8. The standard InChI is InChI=1S/C32H50N4O5/c1-3-4-20-36-29(38)27(24-31(40)15-7-5-8-16-31)34-30(39)32(36)17-21-35(22-18-32)19-9-6-10-23-41-26-13-11-25(12-14-26)28(37)33-2/h11-14,27,40H,3-10,15-24H2,1-2H3,(H,33,37)(H,34,39)/t27-/m1/s1. The number of piperidine rings is 1. The van der Waals surface area contributed by atoms with E-state index in [0.717, 1.165) is 76.8 Å². The van der Waals surface area contributed by atoms with Crippen LogP contribution in [-0.4, -0.2) is 89.6 Å². The lowest BCUT2D eigenvalue weighted by Gasteiger charge is -2.52. The first kappa shape index (κ1) is 31.3. The highest BCUT2D eigenvalue weighted by Crippen LogP contribution is 2.37. The minimum atomic E-state index is -0.849. The van der Waals surface area contributed by atoms with Gasteiger partial charge in [-0.2, -0.15) is 0 Å². The third kappa shape index (κ3) is 7.80. The van der Waals surface area contributed by atoms with E-state index in [1.54, 1.807) is 19.2 Å². The number of nitrogens with one attached hydrogen (secondary N) is 2. The summed E-state index contributed by atoms with van der Waals surface area (Å²) in [5.41, 5.74) is -1.00. The van der Waals surface area contributed by atoms with E-state index in [0.29, 0.717) is 50.8 Å². The van der Waals surface area contributed by atoms with Crippen LogP contribution < -0.4 is 15.4 Å². The van der Waals surface area contributed by atoms with Crippen LogP contribution in [0.4, 0.5) is 0 Å². The molecular weight excluding hydrogens is 520 g/mol. The SMILES string of the molecule is CCCCN1C(=O)[C@@H](CC2(O)CCCCC2)NC(=O)C12CCN(CCCCCOc1ccc(C(=O)NC)cc1)CC2. The number of amides is 3. The molecule has 1 aromatic carbocycles. The van der Waals surface area contributed by atoms with Crippen LogP contribution in [0.25, 0.3) is 0 Å². The fourth-order valence-electron chi connectivity index (χ4n) is 6.74. The first-order valence-corrected chi connectivity index (χ1v) is 15.8. The van der Waals surface area contributed by atoms with Crippen LogP contribution in [-0.2, 0) is 9.59 Å². The molecule has 1 saturated carbocycles. The Hall–Kier alpha value is -2.65. The molecule has 1 aromatic rings. The average Bonchev–Trinajstić information content (AvgIpc) is 2.98. The summed E-state index contributed by atoms with van der Waals surface area (Å²) in [6.45, 7) is 5.91. The summed E-state index contributed by atoms with van der Waals surface area (Å²) in [4.78, 5) is 43.3. The monoisotopic (exact) mass is 570 g/mol. The lowest BCUT2D eigenvalue weighted by atomic mass is 9.77. The van der Waals surface area contributed by atoms with E-state index in [1.807, 2.05) is 17.0 Å². The van der Waals surface area contributed by atoms with Gasteiger partial charge in [0, 0.05) is 38.7 Å². The Bertz CT molecular complexity index is 1020. The lowest BCUT2D eigenvalue weighted by molar-refractivity contribution is -0.163. The number of likely N-dealkylation sites (tertiary alicyclic amines) is 1. The number of carbonyl (C=O) groups is 3. The second-order valence-corrected chi connectivity index (χ2v) is 12.2. The molecule has 2 heterocycles. The fraction of sp³-hybridized carbons (Fsp3) is 0.719. The lowest BCUT2D eigenvalue weighted by Crippen LogP contribution is -2.73. The molecule has 41 heavy (non-hydrogen) atoms. The van der Waals surface area contributed by atoms with Crippen molar-refractivity contribution in [1.29, 1.82) is 0 Å². The van der Waals surface area contributed by atoms with Gasteiger partial charge in [0.05, 0.1) is 12.2 Å². The van der Waals surface area contributed by atoms with Gasteiger partial charge >= 0.3 is 0 Å². The van der Waals surface area contributed by atoms with Crippen LogP contribution in [0.2, 0.25) is 0 Å². The maximum absolute atomic E-state index is 13.7. The topological polar surface area (TPSA) is 111 Å². The normalized spacial score (nSPS) is 22.4. The van der Waals surface area contributed by atoms with E-state index in [1.165, 1.54) is 0 Å². The number of hydrogen-bond donors (Lipinski definition) is 3. The Morgan fingerprint density at radius 3 is 2.37 bits per heavy atom. The van der Waals surface area contributed by atoms with Gasteiger partial charge in [-0.15, -0.1) is 0 Å². The minimum absolute atomic E-state index is 0.00577. The van der Waals surface area contributed by atoms with Gasteiger partial charge in [0.1, 0.15) is 17.3 Å². The van der Waals surface area contributed by atoms with Crippen LogP contribution in [0.15, 0.2) is 24.3 Å². The van der Waals surface area contributed by atoms with E-state index in [4.69, 9.17) is 4.74 Å². The second-order valence-electron chi connectivity index (χ2n) is 12.2. The number of nitrogens with zero attached hydrogens (tertiary/aromatic N) is 2. The van der Waals surface area contributed by atoms with Crippen LogP contribution in [0.3, 0.4) is 0 Å². The van der Waals surface area contributed by atoms with Crippen LogP contribution >= 0.6 is 0 Å². The molecule has 9 nitrogen and oxygen atoms in total. The number of rotatable bonds is 13. The molecule has 0 aromatic heterocycles. The summed E-state index contributed by atoms with van der Waals surface area (Å²) >= 11 is 0. The molecule has 3 aliphatic rings. The molecule has 9 heteroatoms. The number of benzene rings is 1. The average molecular weight is 571 g/mol. The van der Waals surface area contributed by atoms with Gasteiger partial charge in [-0.25, -0.2) is 0 Å². The van der Waals surface area contributed by atoms with Gasteiger partial charge in [0.2, 0.25) is 11.8 Å². The van der Waals surface area contributed by atoms with E-state index in [-0.39, 0.29) is 17.7 Å². The summed E-state index contributed by atoms with van der Waals surface area (Å²) in [7, 11) is 1.62. The predicted molar refractivity (Wildman–Crippen MR) is 159 cm³/mol. The molecule has 0 bridgehead atoms. The smallest absolute Gasteiger partial charge is 0.251 e. The van der Waals surface area contributed by atoms with E-state index in [2.05, 4.69) is 22.5 Å². The van der Waals surface area contributed by atoms with Crippen molar-refractivity contribution in [2.45, 2.75) is 108 Å². The zero-order valence-corrected chi connectivity index (χ0v) is 25.1. The van der Waals surface area contributed by atoms with Gasteiger partial charge in [-0.3, -0.25) is 14.4 Å². The molecule has 2 aliphatic heterocycles. The van der Waals surface area contributed by atoms with Crippen molar-refractivity contribution in [3.8, 4) is 5.75 Å². The summed E-state index contributed by atoms with van der Waals surface area (Å²) in [6, 6.07) is 6.55. The molecule has 2 saturated heterocycles. The van der Waals surface area contributed by atoms with E-state index in [9.17, 15) is 19.5 Å². The molecule has 0 radical (unpaired) electrons. The molecule has 3 amide bonds. The molecule has 228 valence electrons. The molecular formula is C32H50N4O5. The summed E-state index contributed by atoms with van der Waals surface area (Å²) in [5, 5.41) is 16.8. The summed E-state index contributed by atoms with van der Waals surface area (Å²) in [5.74, 6) is 0.622. The van der Waals surface area contributed by atoms with Crippen LogP contribution in [0, 0.1) is 0 Å². The zero-order chi connectivity index (χ0) is 29.3. The number of aliphatic hydroxyl groups is 1. The van der Waals surface area contributed by atoms with Crippen molar-refractivity contribution in [2.24, 2.45) is 0 Å². The Morgan fingerprint density at radius 1 is 1.00 bits per heavy atom. The van der Waals surface area contributed by atoms with E-state index >= 15 is 0 Å². The second kappa shape index (κ2) is 14.5. The Kier molecular flexibility index (Phi) is 11.1. The highest BCUT2D eigenvalue weighted by Gasteiger charge is 2.54. The molecule has 4 rings (SSSR count). The minimum Gasteiger partial charge on any atom is -0.494 e. The van der Waals surface area contributed by atoms with Crippen molar-refractivity contribution in [2.75, 3.05) is 39.8 Å². The number of carbonyl (C=O) groups excluding carboxylic acids is 3. The number of ether oxygens (including phenoxy) is 1. The highest BCUT2D eigenvalue weighted by molar-refractivity contribution is 6.00. The van der Waals surface area contributed by atoms with Gasteiger partial charge < -0.3 is 30.3 Å². The third-order valence-electron chi connectivity index (χ3n) is 9.33. The number of unbranched alkanes of at least 4 members (excludes halogenated alkanes) is 3. The number of hydrogen-bond acceptors (Lipinski definition) is 6. The third-order valence-corrected chi connectivity index (χ3v) is 9.33. The Morgan fingerprint density at radius 2 is 1.71 bits per heavy atom. The van der Waals surface area contributed by atoms with Crippen molar-refractivity contribution in [3.63, 3.8) is 0 Å². The molecule has 3 N–H and O–H groups in total. The van der Waals surface area contributed by atoms with Gasteiger partial charge in [-0.05, 0) is 82.2 Å². The number of piperazine rings is 1. The van der Waals surface area contributed by atoms with Crippen LogP contribution in [0.1, 0.15) is 101 Å². The largest absolute Gasteiger partial charge is 0.494 e. The molecule has 1 atom stereocenters. The summed E-state index contributed by atoms with van der Waals surface area (Å²) in [6.07, 6.45) is 11.0. The van der Waals surface area contributed by atoms with Gasteiger partial charge in [0.15, 0.2) is 0 Å².